The summed E-state index contributed by atoms with van der Waals surface area (Å²) in [7, 11) is 0. The van der Waals surface area contributed by atoms with Crippen molar-refractivity contribution in [1.29, 1.82) is 0 Å². The van der Waals surface area contributed by atoms with E-state index in [1.165, 1.54) is 21.0 Å². The Morgan fingerprint density at radius 3 is 2.68 bits per heavy atom. The van der Waals surface area contributed by atoms with Gasteiger partial charge in [0, 0.05) is 6.42 Å². The van der Waals surface area contributed by atoms with Gasteiger partial charge in [-0.2, -0.15) is 0 Å². The highest BCUT2D eigenvalue weighted by molar-refractivity contribution is 7.98. The van der Waals surface area contributed by atoms with Gasteiger partial charge in [-0.1, -0.05) is 66.4 Å². The number of nitrogens with zero attached hydrogens (tertiary/aromatic N) is 4. The molecule has 0 amide bonds. The van der Waals surface area contributed by atoms with E-state index in [2.05, 4.69) is 57.6 Å². The van der Waals surface area contributed by atoms with E-state index < -0.39 is 0 Å². The summed E-state index contributed by atoms with van der Waals surface area (Å²) in [6.07, 6.45) is 0.645. The Kier molecular flexibility index (Phi) is 4.46. The normalized spacial score (nSPS) is 11.4. The van der Waals surface area contributed by atoms with Crippen molar-refractivity contribution in [3.8, 4) is 0 Å². The fourth-order valence-corrected chi connectivity index (χ4v) is 5.09. The van der Waals surface area contributed by atoms with Gasteiger partial charge >= 0.3 is 0 Å². The summed E-state index contributed by atoms with van der Waals surface area (Å²) in [4.78, 5) is 4.67. The predicted molar refractivity (Wildman–Crippen MR) is 116 cm³/mol. The summed E-state index contributed by atoms with van der Waals surface area (Å²) in [5, 5.41) is 12.8. The van der Waals surface area contributed by atoms with Crippen molar-refractivity contribution < 1.29 is 0 Å². The number of nitrogen functional groups attached to an aromatic ring is 1. The maximum absolute atomic E-state index is 6.29. The third-order valence-electron chi connectivity index (χ3n) is 4.63. The standard InChI is InChI=1S/C21H17N5S2/c22-26-19(12-15-8-5-7-14-6-1-2-9-16(14)15)24-25-21(26)27-13-20-23-17-10-3-4-11-18(17)28-20/h1-11H,12-13,22H2. The minimum absolute atomic E-state index is 0.645. The SMILES string of the molecule is Nn1c(Cc2cccc3ccccc23)nnc1SCc1nc2ccccc2s1. The zero-order chi connectivity index (χ0) is 18.9. The number of rotatable bonds is 5. The number of hydrogen-bond donors (Lipinski definition) is 1. The Labute approximate surface area is 170 Å². The smallest absolute Gasteiger partial charge is 0.210 e. The minimum atomic E-state index is 0.645. The molecule has 2 aromatic heterocycles. The van der Waals surface area contributed by atoms with Gasteiger partial charge in [-0.3, -0.25) is 0 Å². The molecule has 5 aromatic rings. The van der Waals surface area contributed by atoms with E-state index in [4.69, 9.17) is 5.84 Å². The molecule has 0 radical (unpaired) electrons. The lowest BCUT2D eigenvalue weighted by atomic mass is 10.0. The van der Waals surface area contributed by atoms with Gasteiger partial charge in [0.1, 0.15) is 5.01 Å². The molecular weight excluding hydrogens is 386 g/mol. The molecule has 0 aliphatic rings. The Morgan fingerprint density at radius 1 is 0.929 bits per heavy atom. The molecule has 0 fully saturated rings. The van der Waals surface area contributed by atoms with Crippen LogP contribution in [0.25, 0.3) is 21.0 Å². The van der Waals surface area contributed by atoms with Gasteiger partial charge in [-0.15, -0.1) is 21.5 Å². The number of aromatic nitrogens is 4. The van der Waals surface area contributed by atoms with Crippen LogP contribution in [-0.2, 0) is 12.2 Å². The zero-order valence-corrected chi connectivity index (χ0v) is 16.6. The summed E-state index contributed by atoms with van der Waals surface area (Å²) in [5.74, 6) is 7.77. The van der Waals surface area contributed by atoms with Crippen molar-refractivity contribution in [2.75, 3.05) is 5.84 Å². The van der Waals surface area contributed by atoms with Crippen molar-refractivity contribution in [1.82, 2.24) is 19.9 Å². The van der Waals surface area contributed by atoms with Crippen LogP contribution in [0.2, 0.25) is 0 Å². The van der Waals surface area contributed by atoms with E-state index in [1.54, 1.807) is 27.8 Å². The molecule has 28 heavy (non-hydrogen) atoms. The van der Waals surface area contributed by atoms with Gasteiger partial charge in [0.05, 0.1) is 16.0 Å². The topological polar surface area (TPSA) is 69.6 Å². The van der Waals surface area contributed by atoms with E-state index >= 15 is 0 Å². The highest BCUT2D eigenvalue weighted by Crippen LogP contribution is 2.28. The molecule has 0 aliphatic heterocycles. The Balaban J connectivity index is 1.35. The van der Waals surface area contributed by atoms with Crippen molar-refractivity contribution in [2.24, 2.45) is 0 Å². The van der Waals surface area contributed by atoms with Crippen molar-refractivity contribution in [2.45, 2.75) is 17.3 Å². The average Bonchev–Trinajstić information content (AvgIpc) is 3.30. The third kappa shape index (κ3) is 3.23. The average molecular weight is 404 g/mol. The van der Waals surface area contributed by atoms with Crippen LogP contribution >= 0.6 is 23.1 Å². The molecule has 5 rings (SSSR count). The Hall–Kier alpha value is -2.90. The Morgan fingerprint density at radius 2 is 1.75 bits per heavy atom. The number of nitrogens with two attached hydrogens (primary N) is 1. The van der Waals surface area contributed by atoms with E-state index in [-0.39, 0.29) is 0 Å². The number of thiazole rings is 1. The quantitative estimate of drug-likeness (QED) is 0.342. The molecule has 0 saturated carbocycles. The van der Waals surface area contributed by atoms with Crippen LogP contribution in [0.1, 0.15) is 16.4 Å². The van der Waals surface area contributed by atoms with Gasteiger partial charge in [-0.25, -0.2) is 9.66 Å². The van der Waals surface area contributed by atoms with Crippen molar-refractivity contribution in [3.05, 3.63) is 83.1 Å². The molecule has 138 valence electrons. The molecule has 3 aromatic carbocycles. The first kappa shape index (κ1) is 17.2. The first-order chi connectivity index (χ1) is 13.8. The molecule has 0 atom stereocenters. The highest BCUT2D eigenvalue weighted by Gasteiger charge is 2.13. The number of benzene rings is 3. The fraction of sp³-hybridized carbons (Fsp3) is 0.0952. The summed E-state index contributed by atoms with van der Waals surface area (Å²) in [6.45, 7) is 0. The summed E-state index contributed by atoms with van der Waals surface area (Å²) < 4.78 is 2.80. The second-order valence-corrected chi connectivity index (χ2v) is 8.51. The molecule has 0 spiro atoms. The lowest BCUT2D eigenvalue weighted by Crippen LogP contribution is -2.14. The summed E-state index contributed by atoms with van der Waals surface area (Å²) in [5.41, 5.74) is 2.23. The van der Waals surface area contributed by atoms with Crippen LogP contribution in [0.3, 0.4) is 0 Å². The van der Waals surface area contributed by atoms with Crippen LogP contribution in [0.15, 0.2) is 71.9 Å². The monoisotopic (exact) mass is 403 g/mol. The summed E-state index contributed by atoms with van der Waals surface area (Å²) in [6, 6.07) is 22.8. The van der Waals surface area contributed by atoms with Crippen LogP contribution in [0.5, 0.6) is 0 Å². The van der Waals surface area contributed by atoms with E-state index in [0.29, 0.717) is 11.6 Å². The van der Waals surface area contributed by atoms with E-state index in [0.717, 1.165) is 22.1 Å². The second kappa shape index (κ2) is 7.26. The number of para-hydroxylation sites is 1. The van der Waals surface area contributed by atoms with Gasteiger partial charge < -0.3 is 5.84 Å². The van der Waals surface area contributed by atoms with E-state index in [1.807, 2.05) is 24.3 Å². The number of thioether (sulfide) groups is 1. The lowest BCUT2D eigenvalue weighted by Gasteiger charge is -2.06. The van der Waals surface area contributed by atoms with Crippen LogP contribution in [-0.4, -0.2) is 19.9 Å². The van der Waals surface area contributed by atoms with Gasteiger partial charge in [0.2, 0.25) is 5.16 Å². The van der Waals surface area contributed by atoms with Gasteiger partial charge in [0.15, 0.2) is 5.82 Å². The first-order valence-corrected chi connectivity index (χ1v) is 10.7. The molecule has 0 bridgehead atoms. The molecule has 0 saturated heterocycles. The molecule has 2 heterocycles. The third-order valence-corrected chi connectivity index (χ3v) is 6.80. The van der Waals surface area contributed by atoms with Gasteiger partial charge in [-0.05, 0) is 28.5 Å². The van der Waals surface area contributed by atoms with Crippen molar-refractivity contribution >= 4 is 44.1 Å². The number of hydrogen-bond acceptors (Lipinski definition) is 6. The zero-order valence-electron chi connectivity index (χ0n) is 14.9. The molecule has 0 aliphatic carbocycles. The molecule has 2 N–H and O–H groups in total. The lowest BCUT2D eigenvalue weighted by molar-refractivity contribution is 0.806. The first-order valence-electron chi connectivity index (χ1n) is 8.91. The predicted octanol–water partition coefficient (Wildman–Crippen LogP) is 4.64. The van der Waals surface area contributed by atoms with Crippen molar-refractivity contribution in [3.63, 3.8) is 0 Å². The molecule has 5 nitrogen and oxygen atoms in total. The summed E-state index contributed by atoms with van der Waals surface area (Å²) >= 11 is 3.27. The van der Waals surface area contributed by atoms with Crippen LogP contribution < -0.4 is 5.84 Å². The molecular formula is C21H17N5S2. The molecule has 0 unspecified atom stereocenters. The fourth-order valence-electron chi connectivity index (χ4n) is 3.25. The van der Waals surface area contributed by atoms with Crippen LogP contribution in [0, 0.1) is 0 Å². The highest BCUT2D eigenvalue weighted by atomic mass is 32.2. The minimum Gasteiger partial charge on any atom is -0.336 e. The second-order valence-electron chi connectivity index (χ2n) is 6.45. The van der Waals surface area contributed by atoms with Gasteiger partial charge in [0.25, 0.3) is 0 Å². The van der Waals surface area contributed by atoms with E-state index in [9.17, 15) is 0 Å². The maximum atomic E-state index is 6.29. The number of fused-ring (bicyclic) bond motifs is 2. The van der Waals surface area contributed by atoms with Crippen LogP contribution in [0.4, 0.5) is 0 Å². The molecule has 7 heteroatoms. The maximum Gasteiger partial charge on any atom is 0.210 e. The largest absolute Gasteiger partial charge is 0.336 e. The Bertz CT molecular complexity index is 1240.